The number of rotatable bonds is 11. The number of halogens is 4. The molecule has 3 aromatic rings. The van der Waals surface area contributed by atoms with Crippen molar-refractivity contribution in [3.63, 3.8) is 0 Å². The number of amides is 2. The fraction of sp³-hybridized carbons (Fsp3) is 0.355. The van der Waals surface area contributed by atoms with Gasteiger partial charge in [0.1, 0.15) is 12.6 Å². The first-order chi connectivity index (χ1) is 20.4. The number of nitrogens with zero attached hydrogens (tertiary/aromatic N) is 2. The third kappa shape index (κ3) is 7.97. The first-order valence-corrected chi connectivity index (χ1v) is 16.9. The van der Waals surface area contributed by atoms with Crippen molar-refractivity contribution >= 4 is 73.9 Å². The van der Waals surface area contributed by atoms with E-state index in [9.17, 15) is 18.0 Å². The molecule has 1 saturated carbocycles. The van der Waals surface area contributed by atoms with Crippen LogP contribution in [0, 0.1) is 6.92 Å². The Morgan fingerprint density at radius 3 is 2.12 bits per heavy atom. The Morgan fingerprint density at radius 2 is 1.53 bits per heavy atom. The fourth-order valence-electron chi connectivity index (χ4n) is 5.15. The molecule has 1 aliphatic carbocycles. The van der Waals surface area contributed by atoms with Gasteiger partial charge in [-0.2, -0.15) is 0 Å². The van der Waals surface area contributed by atoms with E-state index < -0.39 is 28.5 Å². The minimum Gasteiger partial charge on any atom is -0.352 e. The van der Waals surface area contributed by atoms with E-state index in [0.29, 0.717) is 15.6 Å². The Morgan fingerprint density at radius 1 is 0.907 bits per heavy atom. The highest BCUT2D eigenvalue weighted by Gasteiger charge is 2.35. The molecule has 7 nitrogen and oxygen atoms in total. The van der Waals surface area contributed by atoms with E-state index in [0.717, 1.165) is 35.6 Å². The molecule has 0 aromatic heterocycles. The van der Waals surface area contributed by atoms with Crippen LogP contribution < -0.4 is 9.62 Å². The zero-order chi connectivity index (χ0) is 31.3. The Kier molecular flexibility index (Phi) is 11.3. The van der Waals surface area contributed by atoms with E-state index in [2.05, 4.69) is 5.32 Å². The molecule has 0 saturated heterocycles. The van der Waals surface area contributed by atoms with Crippen molar-refractivity contribution in [2.75, 3.05) is 10.8 Å². The zero-order valence-corrected chi connectivity index (χ0v) is 27.7. The number of sulfonamides is 1. The first kappa shape index (κ1) is 33.4. The van der Waals surface area contributed by atoms with Gasteiger partial charge in [-0.05, 0) is 68.7 Å². The van der Waals surface area contributed by atoms with Crippen LogP contribution in [-0.4, -0.2) is 43.8 Å². The van der Waals surface area contributed by atoms with E-state index in [1.165, 1.54) is 35.2 Å². The molecule has 1 aliphatic rings. The number of aryl methyl sites for hydroxylation is 1. The highest BCUT2D eigenvalue weighted by atomic mass is 35.5. The summed E-state index contributed by atoms with van der Waals surface area (Å²) in [4.78, 5) is 29.2. The van der Waals surface area contributed by atoms with Gasteiger partial charge >= 0.3 is 0 Å². The zero-order valence-electron chi connectivity index (χ0n) is 23.8. The van der Waals surface area contributed by atoms with Crippen molar-refractivity contribution in [3.05, 3.63) is 91.9 Å². The molecule has 0 radical (unpaired) electrons. The van der Waals surface area contributed by atoms with E-state index in [-0.39, 0.29) is 45.5 Å². The number of nitrogens with one attached hydrogen (secondary N) is 1. The van der Waals surface area contributed by atoms with Gasteiger partial charge in [-0.25, -0.2) is 8.42 Å². The second kappa shape index (κ2) is 14.5. The second-order valence-electron chi connectivity index (χ2n) is 10.6. The summed E-state index contributed by atoms with van der Waals surface area (Å²) in [5.74, 6) is -0.931. The summed E-state index contributed by atoms with van der Waals surface area (Å²) in [6, 6.07) is 14.7. The molecule has 1 N–H and O–H groups in total. The lowest BCUT2D eigenvalue weighted by molar-refractivity contribution is -0.140. The van der Waals surface area contributed by atoms with Crippen LogP contribution >= 0.6 is 46.4 Å². The molecular weight excluding hydrogens is 652 g/mol. The summed E-state index contributed by atoms with van der Waals surface area (Å²) in [5.41, 5.74) is 1.47. The monoisotopic (exact) mass is 683 g/mol. The van der Waals surface area contributed by atoms with Crippen LogP contribution in [0.4, 0.5) is 5.69 Å². The van der Waals surface area contributed by atoms with Crippen LogP contribution in [0.2, 0.25) is 20.1 Å². The summed E-state index contributed by atoms with van der Waals surface area (Å²) >= 11 is 25.4. The lowest BCUT2D eigenvalue weighted by atomic mass is 10.1. The molecule has 43 heavy (non-hydrogen) atoms. The maximum atomic E-state index is 14.3. The molecular formula is C31H33Cl4N3O4S. The molecule has 0 aliphatic heterocycles. The Bertz CT molecular complexity index is 1560. The topological polar surface area (TPSA) is 86.8 Å². The number of anilines is 1. The molecule has 0 heterocycles. The average Bonchev–Trinajstić information content (AvgIpc) is 3.47. The molecule has 0 bridgehead atoms. The minimum absolute atomic E-state index is 0.0105. The third-order valence-corrected chi connectivity index (χ3v) is 10.8. The number of carbonyl (C=O) groups excluding carboxylic acids is 2. The Labute approximate surface area is 273 Å². The highest BCUT2D eigenvalue weighted by Crippen LogP contribution is 2.32. The van der Waals surface area contributed by atoms with Crippen LogP contribution in [0.15, 0.2) is 65.6 Å². The van der Waals surface area contributed by atoms with Crippen LogP contribution in [0.5, 0.6) is 0 Å². The van der Waals surface area contributed by atoms with Gasteiger partial charge in [0.25, 0.3) is 10.0 Å². The summed E-state index contributed by atoms with van der Waals surface area (Å²) in [5, 5.41) is 4.08. The summed E-state index contributed by atoms with van der Waals surface area (Å²) in [6.07, 6.45) is 4.06. The second-order valence-corrected chi connectivity index (χ2v) is 14.1. The quantitative estimate of drug-likeness (QED) is 0.225. The van der Waals surface area contributed by atoms with Crippen LogP contribution in [0.25, 0.3) is 0 Å². The van der Waals surface area contributed by atoms with Crippen molar-refractivity contribution in [1.82, 2.24) is 10.2 Å². The minimum atomic E-state index is -4.26. The van der Waals surface area contributed by atoms with Crippen LogP contribution in [0.1, 0.15) is 50.2 Å². The lowest BCUT2D eigenvalue weighted by Gasteiger charge is -2.34. The predicted octanol–water partition coefficient (Wildman–Crippen LogP) is 7.67. The Hall–Kier alpha value is -2.49. The van der Waals surface area contributed by atoms with Gasteiger partial charge in [-0.1, -0.05) is 89.9 Å². The van der Waals surface area contributed by atoms with E-state index in [4.69, 9.17) is 46.4 Å². The SMILES string of the molecule is CC[C@H](C(=O)NC1CCCC1)N(Cc1c(Cl)cccc1Cl)C(=O)CN(c1ccc(Cl)c(Cl)c1)S(=O)(=O)c1ccc(C)cc1. The molecule has 4 rings (SSSR count). The van der Waals surface area contributed by atoms with Gasteiger partial charge in [0.2, 0.25) is 11.8 Å². The molecule has 1 fully saturated rings. The normalized spacial score (nSPS) is 14.4. The van der Waals surface area contributed by atoms with Crippen molar-refractivity contribution in [2.24, 2.45) is 0 Å². The summed E-state index contributed by atoms with van der Waals surface area (Å²) < 4.78 is 29.0. The van der Waals surface area contributed by atoms with Gasteiger partial charge in [-0.15, -0.1) is 0 Å². The average molecular weight is 686 g/mol. The number of benzene rings is 3. The smallest absolute Gasteiger partial charge is 0.264 e. The van der Waals surface area contributed by atoms with E-state index in [1.807, 2.05) is 6.92 Å². The van der Waals surface area contributed by atoms with E-state index in [1.54, 1.807) is 37.3 Å². The molecule has 12 heteroatoms. The number of hydrogen-bond donors (Lipinski definition) is 1. The molecule has 2 amide bonds. The van der Waals surface area contributed by atoms with Gasteiger partial charge in [0.05, 0.1) is 20.6 Å². The van der Waals surface area contributed by atoms with Gasteiger partial charge in [0, 0.05) is 28.2 Å². The first-order valence-electron chi connectivity index (χ1n) is 14.0. The highest BCUT2D eigenvalue weighted by molar-refractivity contribution is 7.92. The Balaban J connectivity index is 1.76. The van der Waals surface area contributed by atoms with Gasteiger partial charge in [0.15, 0.2) is 0 Å². The predicted molar refractivity (Wildman–Crippen MR) is 174 cm³/mol. The lowest BCUT2D eigenvalue weighted by Crippen LogP contribution is -2.53. The van der Waals surface area contributed by atoms with Crippen molar-refractivity contribution in [2.45, 2.75) is 69.5 Å². The fourth-order valence-corrected chi connectivity index (χ4v) is 7.36. The van der Waals surface area contributed by atoms with Crippen molar-refractivity contribution in [1.29, 1.82) is 0 Å². The number of carbonyl (C=O) groups is 2. The van der Waals surface area contributed by atoms with E-state index >= 15 is 0 Å². The molecule has 3 aromatic carbocycles. The molecule has 0 spiro atoms. The molecule has 1 atom stereocenters. The number of hydrogen-bond acceptors (Lipinski definition) is 4. The van der Waals surface area contributed by atoms with Gasteiger partial charge in [-0.3, -0.25) is 13.9 Å². The maximum absolute atomic E-state index is 14.3. The summed E-state index contributed by atoms with van der Waals surface area (Å²) in [6.45, 7) is 2.92. The maximum Gasteiger partial charge on any atom is 0.264 e. The standard InChI is InChI=1S/C31H33Cl4N3O4S/c1-3-29(31(40)36-21-7-4-5-8-21)37(18-24-25(32)9-6-10-26(24)33)30(39)19-38(22-13-16-27(34)28(35)17-22)43(41,42)23-14-11-20(2)12-15-23/h6,9-17,21,29H,3-5,7-8,18-19H2,1-2H3,(H,36,40)/t29-/m1/s1. The summed E-state index contributed by atoms with van der Waals surface area (Å²) in [7, 11) is -4.26. The third-order valence-electron chi connectivity index (χ3n) is 7.56. The van der Waals surface area contributed by atoms with Crippen molar-refractivity contribution < 1.29 is 18.0 Å². The van der Waals surface area contributed by atoms with Crippen LogP contribution in [-0.2, 0) is 26.2 Å². The molecule has 0 unspecified atom stereocenters. The van der Waals surface area contributed by atoms with Crippen LogP contribution in [0.3, 0.4) is 0 Å². The van der Waals surface area contributed by atoms with Gasteiger partial charge < -0.3 is 10.2 Å². The largest absolute Gasteiger partial charge is 0.352 e. The molecule has 230 valence electrons. The van der Waals surface area contributed by atoms with Crippen molar-refractivity contribution in [3.8, 4) is 0 Å².